The Kier molecular flexibility index (Phi) is 6.01. The number of carbonyl (C=O) groups is 3. The van der Waals surface area contributed by atoms with Crippen molar-refractivity contribution in [3.8, 4) is 0 Å². The first-order valence-electron chi connectivity index (χ1n) is 9.86. The summed E-state index contributed by atoms with van der Waals surface area (Å²) >= 11 is 0. The predicted octanol–water partition coefficient (Wildman–Crippen LogP) is 2.94. The molecule has 1 fully saturated rings. The van der Waals surface area contributed by atoms with Gasteiger partial charge in [-0.15, -0.1) is 0 Å². The Morgan fingerprint density at radius 3 is 2.34 bits per heavy atom. The second-order valence-corrected chi connectivity index (χ2v) is 7.81. The highest BCUT2D eigenvalue weighted by Gasteiger charge is 2.49. The fraction of sp³-hybridized carbons (Fsp3) is 0.348. The summed E-state index contributed by atoms with van der Waals surface area (Å²) in [5.41, 5.74) is 1.80. The first-order valence-corrected chi connectivity index (χ1v) is 9.86. The molecular weight excluding hydrogens is 366 g/mol. The van der Waals surface area contributed by atoms with Gasteiger partial charge in [0.05, 0.1) is 0 Å². The van der Waals surface area contributed by atoms with E-state index in [0.29, 0.717) is 24.4 Å². The van der Waals surface area contributed by atoms with Crippen molar-refractivity contribution in [1.82, 2.24) is 15.5 Å². The summed E-state index contributed by atoms with van der Waals surface area (Å²) < 4.78 is 0. The van der Waals surface area contributed by atoms with Crippen LogP contribution in [0.4, 0.5) is 4.79 Å². The van der Waals surface area contributed by atoms with E-state index in [1.165, 1.54) is 0 Å². The van der Waals surface area contributed by atoms with Crippen molar-refractivity contribution in [2.75, 3.05) is 13.1 Å². The Labute approximate surface area is 171 Å². The zero-order chi connectivity index (χ0) is 21.0. The van der Waals surface area contributed by atoms with Gasteiger partial charge in [0.2, 0.25) is 5.91 Å². The van der Waals surface area contributed by atoms with Crippen LogP contribution in [0.25, 0.3) is 0 Å². The minimum absolute atomic E-state index is 0.293. The van der Waals surface area contributed by atoms with Gasteiger partial charge in [0.1, 0.15) is 12.1 Å². The van der Waals surface area contributed by atoms with Gasteiger partial charge in [0.15, 0.2) is 0 Å². The molecule has 0 aliphatic carbocycles. The fourth-order valence-electron chi connectivity index (χ4n) is 3.43. The van der Waals surface area contributed by atoms with Crippen LogP contribution in [0, 0.1) is 0 Å². The Bertz CT molecular complexity index is 893. The third-order valence-corrected chi connectivity index (χ3v) is 5.31. The predicted molar refractivity (Wildman–Crippen MR) is 111 cm³/mol. The van der Waals surface area contributed by atoms with Gasteiger partial charge in [-0.3, -0.25) is 14.5 Å². The van der Waals surface area contributed by atoms with Crippen LogP contribution in [0.1, 0.15) is 43.4 Å². The fourth-order valence-corrected chi connectivity index (χ4v) is 3.43. The van der Waals surface area contributed by atoms with Crippen molar-refractivity contribution in [1.29, 1.82) is 0 Å². The van der Waals surface area contributed by atoms with E-state index >= 15 is 0 Å². The molecular formula is C23H27N3O3. The van der Waals surface area contributed by atoms with Crippen LogP contribution >= 0.6 is 0 Å². The summed E-state index contributed by atoms with van der Waals surface area (Å²) in [6.45, 7) is 6.01. The summed E-state index contributed by atoms with van der Waals surface area (Å²) in [4.78, 5) is 38.6. The van der Waals surface area contributed by atoms with Crippen LogP contribution in [0.3, 0.4) is 0 Å². The molecule has 2 aromatic rings. The molecule has 3 rings (SSSR count). The third kappa shape index (κ3) is 4.47. The highest BCUT2D eigenvalue weighted by Crippen LogP contribution is 2.29. The van der Waals surface area contributed by atoms with Crippen LogP contribution in [0.2, 0.25) is 0 Å². The second-order valence-electron chi connectivity index (χ2n) is 7.81. The lowest BCUT2D eigenvalue weighted by molar-refractivity contribution is -0.134. The Morgan fingerprint density at radius 2 is 1.72 bits per heavy atom. The molecule has 29 heavy (non-hydrogen) atoms. The maximum atomic E-state index is 13.0. The molecule has 4 amide bonds. The van der Waals surface area contributed by atoms with E-state index in [1.54, 1.807) is 6.92 Å². The smallest absolute Gasteiger partial charge is 0.325 e. The van der Waals surface area contributed by atoms with E-state index in [1.807, 2.05) is 54.6 Å². The molecule has 0 bridgehead atoms. The zero-order valence-corrected chi connectivity index (χ0v) is 17.1. The SMILES string of the molecule is CC(C)c1ccc(C2(C)NC(=O)N(CC(=O)NCCc3ccccc3)C2=O)cc1. The molecule has 1 aliphatic rings. The first kappa shape index (κ1) is 20.6. The number of amides is 4. The minimum Gasteiger partial charge on any atom is -0.354 e. The number of hydrogen-bond donors (Lipinski definition) is 2. The lowest BCUT2D eigenvalue weighted by Crippen LogP contribution is -2.43. The van der Waals surface area contributed by atoms with E-state index in [-0.39, 0.29) is 12.5 Å². The molecule has 0 saturated carbocycles. The van der Waals surface area contributed by atoms with Crippen LogP contribution in [0.15, 0.2) is 54.6 Å². The Balaban J connectivity index is 1.61. The number of nitrogens with zero attached hydrogens (tertiary/aromatic N) is 1. The van der Waals surface area contributed by atoms with Crippen LogP contribution in [-0.2, 0) is 21.5 Å². The van der Waals surface area contributed by atoms with Crippen molar-refractivity contribution in [2.45, 2.75) is 38.6 Å². The molecule has 1 saturated heterocycles. The second kappa shape index (κ2) is 8.47. The number of benzene rings is 2. The summed E-state index contributed by atoms with van der Waals surface area (Å²) in [5.74, 6) is -0.399. The molecule has 6 nitrogen and oxygen atoms in total. The average Bonchev–Trinajstić information content (AvgIpc) is 2.93. The number of rotatable bonds is 7. The molecule has 0 radical (unpaired) electrons. The standard InChI is InChI=1S/C23H27N3O3/c1-16(2)18-9-11-19(12-10-18)23(3)21(28)26(22(29)25-23)15-20(27)24-14-13-17-7-5-4-6-8-17/h4-12,16H,13-15H2,1-3H3,(H,24,27)(H,25,29). The largest absolute Gasteiger partial charge is 0.354 e. The molecule has 152 valence electrons. The first-order chi connectivity index (χ1) is 13.8. The summed E-state index contributed by atoms with van der Waals surface area (Å²) in [5, 5.41) is 5.51. The van der Waals surface area contributed by atoms with E-state index in [9.17, 15) is 14.4 Å². The molecule has 1 heterocycles. The van der Waals surface area contributed by atoms with Crippen molar-refractivity contribution in [3.63, 3.8) is 0 Å². The maximum Gasteiger partial charge on any atom is 0.325 e. The number of imide groups is 1. The lowest BCUT2D eigenvalue weighted by Gasteiger charge is -2.22. The number of hydrogen-bond acceptors (Lipinski definition) is 3. The van der Waals surface area contributed by atoms with E-state index < -0.39 is 17.5 Å². The Morgan fingerprint density at radius 1 is 1.07 bits per heavy atom. The lowest BCUT2D eigenvalue weighted by atomic mass is 9.90. The third-order valence-electron chi connectivity index (χ3n) is 5.31. The number of carbonyl (C=O) groups excluding carboxylic acids is 3. The minimum atomic E-state index is -1.17. The van der Waals surface area contributed by atoms with Crippen LogP contribution in [0.5, 0.6) is 0 Å². The summed E-state index contributed by atoms with van der Waals surface area (Å²) in [7, 11) is 0. The number of nitrogens with one attached hydrogen (secondary N) is 2. The number of urea groups is 1. The van der Waals surface area contributed by atoms with Crippen molar-refractivity contribution < 1.29 is 14.4 Å². The zero-order valence-electron chi connectivity index (χ0n) is 17.1. The maximum absolute atomic E-state index is 13.0. The molecule has 2 aromatic carbocycles. The highest BCUT2D eigenvalue weighted by atomic mass is 16.2. The molecule has 1 aliphatic heterocycles. The van der Waals surface area contributed by atoms with E-state index in [2.05, 4.69) is 24.5 Å². The van der Waals surface area contributed by atoms with Crippen molar-refractivity contribution in [3.05, 3.63) is 71.3 Å². The van der Waals surface area contributed by atoms with E-state index in [0.717, 1.165) is 16.0 Å². The molecule has 2 N–H and O–H groups in total. The van der Waals surface area contributed by atoms with Gasteiger partial charge in [-0.05, 0) is 36.0 Å². The monoisotopic (exact) mass is 393 g/mol. The average molecular weight is 393 g/mol. The van der Waals surface area contributed by atoms with Gasteiger partial charge in [-0.2, -0.15) is 0 Å². The summed E-state index contributed by atoms with van der Waals surface area (Å²) in [6, 6.07) is 16.9. The molecule has 1 atom stereocenters. The van der Waals surface area contributed by atoms with E-state index in [4.69, 9.17) is 0 Å². The quantitative estimate of drug-likeness (QED) is 0.710. The van der Waals surface area contributed by atoms with Crippen molar-refractivity contribution >= 4 is 17.8 Å². The topological polar surface area (TPSA) is 78.5 Å². The Hall–Kier alpha value is -3.15. The van der Waals surface area contributed by atoms with Gasteiger partial charge in [0.25, 0.3) is 5.91 Å². The van der Waals surface area contributed by atoms with Crippen LogP contribution in [-0.4, -0.2) is 35.8 Å². The highest BCUT2D eigenvalue weighted by molar-refractivity contribution is 6.09. The van der Waals surface area contributed by atoms with Gasteiger partial charge in [-0.25, -0.2) is 4.79 Å². The van der Waals surface area contributed by atoms with Gasteiger partial charge in [0, 0.05) is 6.54 Å². The van der Waals surface area contributed by atoms with Gasteiger partial charge in [-0.1, -0.05) is 68.4 Å². The van der Waals surface area contributed by atoms with Gasteiger partial charge >= 0.3 is 6.03 Å². The summed E-state index contributed by atoms with van der Waals surface area (Å²) in [6.07, 6.45) is 0.687. The molecule has 0 spiro atoms. The molecule has 0 aromatic heterocycles. The van der Waals surface area contributed by atoms with Crippen molar-refractivity contribution in [2.24, 2.45) is 0 Å². The molecule has 1 unspecified atom stereocenters. The normalized spacial score (nSPS) is 18.8. The van der Waals surface area contributed by atoms with Gasteiger partial charge < -0.3 is 10.6 Å². The van der Waals surface area contributed by atoms with Crippen LogP contribution < -0.4 is 10.6 Å². The molecule has 6 heteroatoms.